The predicted molar refractivity (Wildman–Crippen MR) is 113 cm³/mol. The van der Waals surface area contributed by atoms with Gasteiger partial charge in [-0.25, -0.2) is 0 Å². The van der Waals surface area contributed by atoms with Crippen molar-refractivity contribution < 1.29 is 40.6 Å². The van der Waals surface area contributed by atoms with Crippen LogP contribution in [0.4, 0.5) is 0 Å². The van der Waals surface area contributed by atoms with Crippen LogP contribution in [0.1, 0.15) is 11.1 Å². The molecular weight excluding hydrogens is 586 g/mol. The summed E-state index contributed by atoms with van der Waals surface area (Å²) >= 11 is 0. The molecule has 1 aromatic heterocycles. The monoisotopic (exact) mass is 606 g/mol. The Bertz CT molecular complexity index is 1080. The molecule has 0 atom stereocenters. The zero-order valence-corrected chi connectivity index (χ0v) is 20.0. The first-order valence-corrected chi connectivity index (χ1v) is 8.84. The second-order valence-electron chi connectivity index (χ2n) is 6.30. The van der Waals surface area contributed by atoms with Crippen molar-refractivity contribution in [1.82, 2.24) is 4.98 Å². The average molecular weight is 606 g/mol. The summed E-state index contributed by atoms with van der Waals surface area (Å²) in [7, 11) is 0. The van der Waals surface area contributed by atoms with Crippen molar-refractivity contribution in [2.45, 2.75) is 13.0 Å². The number of fused-ring (bicyclic) bond motifs is 1. The van der Waals surface area contributed by atoms with Gasteiger partial charge in [-0.2, -0.15) is 0 Å². The first-order chi connectivity index (χ1) is 13.3. The maximum absolute atomic E-state index is 11.0. The van der Waals surface area contributed by atoms with Gasteiger partial charge in [0.2, 0.25) is 0 Å². The van der Waals surface area contributed by atoms with E-state index in [0.717, 1.165) is 38.9 Å². The molecule has 4 nitrogen and oxygen atoms in total. The summed E-state index contributed by atoms with van der Waals surface area (Å²) in [6.45, 7) is 0.510. The quantitative estimate of drug-likeness (QED) is 0.259. The van der Waals surface area contributed by atoms with Gasteiger partial charge in [0.15, 0.2) is 0 Å². The summed E-state index contributed by atoms with van der Waals surface area (Å²) in [6.07, 6.45) is 3.97. The van der Waals surface area contributed by atoms with E-state index >= 15 is 0 Å². The second kappa shape index (κ2) is 10.9. The maximum Gasteiger partial charge on any atom is 2.00 e. The molecule has 0 amide bonds. The zero-order valence-electron chi connectivity index (χ0n) is 15.8. The number of nitrogens with two attached hydrogens (primary N) is 1. The van der Waals surface area contributed by atoms with Crippen LogP contribution in [0.25, 0.3) is 28.2 Å². The molecule has 0 unspecified atom stereocenters. The second-order valence-corrected chi connectivity index (χ2v) is 6.30. The molecule has 0 saturated heterocycles. The summed E-state index contributed by atoms with van der Waals surface area (Å²) in [5, 5.41) is 1.02. The topological polar surface area (TPSA) is 72.7 Å². The number of pyridine rings is 1. The van der Waals surface area contributed by atoms with E-state index in [0.29, 0.717) is 6.61 Å². The van der Waals surface area contributed by atoms with Crippen molar-refractivity contribution in [3.8, 4) is 16.9 Å². The molecule has 0 aliphatic rings. The molecule has 142 valence electrons. The Morgan fingerprint density at radius 3 is 2.45 bits per heavy atom. The molecule has 0 spiro atoms. The Morgan fingerprint density at radius 2 is 1.66 bits per heavy atom. The van der Waals surface area contributed by atoms with Crippen LogP contribution in [-0.4, -0.2) is 11.3 Å². The maximum atomic E-state index is 11.0. The third kappa shape index (κ3) is 5.33. The van der Waals surface area contributed by atoms with Crippen LogP contribution in [0.3, 0.4) is 0 Å². The van der Waals surface area contributed by atoms with Gasteiger partial charge in [-0.05, 0) is 40.5 Å². The fourth-order valence-corrected chi connectivity index (χ4v) is 3.22. The molecule has 4 rings (SSSR count). The van der Waals surface area contributed by atoms with E-state index in [4.69, 9.17) is 4.74 Å². The molecular formula is C24H20N2O2U. The van der Waals surface area contributed by atoms with Crippen LogP contribution >= 0.6 is 0 Å². The smallest absolute Gasteiger partial charge is 0.693 e. The molecule has 29 heavy (non-hydrogen) atoms. The molecule has 0 aliphatic heterocycles. The number of hydrogen-bond donors (Lipinski definition) is 0. The average Bonchev–Trinajstić information content (AvgIpc) is 2.73. The molecule has 0 radical (unpaired) electrons. The van der Waals surface area contributed by atoms with Crippen molar-refractivity contribution in [2.75, 3.05) is 0 Å². The van der Waals surface area contributed by atoms with Gasteiger partial charge in [-0.3, -0.25) is 11.3 Å². The SMILES string of the molecule is O=[C-]Cc1cnc2ccccc2c1-c1cccc(OCc2ccccc2)c1.[NH2-].[U+2]. The van der Waals surface area contributed by atoms with E-state index in [2.05, 4.69) is 4.98 Å². The number of benzene rings is 3. The minimum atomic E-state index is 0. The van der Waals surface area contributed by atoms with Crippen LogP contribution in [-0.2, 0) is 17.8 Å². The molecule has 0 fully saturated rings. The molecule has 0 saturated carbocycles. The largest absolute Gasteiger partial charge is 2.00 e. The van der Waals surface area contributed by atoms with Crippen molar-refractivity contribution in [2.24, 2.45) is 0 Å². The Balaban J connectivity index is 0.00000150. The van der Waals surface area contributed by atoms with Crippen LogP contribution in [0.2, 0.25) is 0 Å². The summed E-state index contributed by atoms with van der Waals surface area (Å²) in [4.78, 5) is 15.5. The van der Waals surface area contributed by atoms with Crippen molar-refractivity contribution >= 4 is 17.2 Å². The van der Waals surface area contributed by atoms with Crippen LogP contribution in [0.5, 0.6) is 5.75 Å². The third-order valence-corrected chi connectivity index (χ3v) is 4.49. The summed E-state index contributed by atoms with van der Waals surface area (Å²) in [6, 6.07) is 26.0. The van der Waals surface area contributed by atoms with Gasteiger partial charge in [-0.15, -0.1) is 6.42 Å². The number of para-hydroxylation sites is 1. The summed E-state index contributed by atoms with van der Waals surface area (Å²) < 4.78 is 5.97. The minimum Gasteiger partial charge on any atom is -0.693 e. The summed E-state index contributed by atoms with van der Waals surface area (Å²) in [5.41, 5.74) is 4.90. The number of hydrogen-bond acceptors (Lipinski definition) is 3. The fraction of sp³-hybridized carbons (Fsp3) is 0.0833. The Hall–Kier alpha value is -2.45. The van der Waals surface area contributed by atoms with Gasteiger partial charge in [0.05, 0.1) is 5.52 Å². The van der Waals surface area contributed by atoms with Crippen LogP contribution < -0.4 is 4.74 Å². The minimum absolute atomic E-state index is 0. The predicted octanol–water partition coefficient (Wildman–Crippen LogP) is 5.85. The van der Waals surface area contributed by atoms with E-state index in [1.54, 1.807) is 6.20 Å². The molecule has 2 N–H and O–H groups in total. The molecule has 3 aromatic carbocycles. The van der Waals surface area contributed by atoms with Crippen molar-refractivity contribution in [3.63, 3.8) is 0 Å². The normalized spacial score (nSPS) is 9.93. The number of aromatic nitrogens is 1. The molecule has 0 aliphatic carbocycles. The standard InChI is InChI=1S/C24H18NO2.H2N.U/c26-14-13-20-16-25-23-12-5-4-11-22(23)24(20)19-9-6-10-21(15-19)27-17-18-7-2-1-3-8-18;;/h1-12,15-16H,13,17H2;1H2;/q2*-1;+2. The molecule has 4 aromatic rings. The molecule has 1 heterocycles. The van der Waals surface area contributed by atoms with Crippen LogP contribution in [0, 0.1) is 31.1 Å². The Morgan fingerprint density at radius 1 is 0.897 bits per heavy atom. The van der Waals surface area contributed by atoms with Gasteiger partial charge in [0.1, 0.15) is 12.4 Å². The Kier molecular flexibility index (Phi) is 8.60. The van der Waals surface area contributed by atoms with Gasteiger partial charge in [-0.1, -0.05) is 60.7 Å². The van der Waals surface area contributed by atoms with Gasteiger partial charge in [0, 0.05) is 11.6 Å². The van der Waals surface area contributed by atoms with Gasteiger partial charge < -0.3 is 15.7 Å². The first-order valence-electron chi connectivity index (χ1n) is 8.84. The fourth-order valence-electron chi connectivity index (χ4n) is 3.22. The van der Waals surface area contributed by atoms with Gasteiger partial charge in [0.25, 0.3) is 0 Å². The van der Waals surface area contributed by atoms with Crippen molar-refractivity contribution in [1.29, 1.82) is 0 Å². The number of rotatable bonds is 6. The van der Waals surface area contributed by atoms with E-state index < -0.39 is 0 Å². The van der Waals surface area contributed by atoms with E-state index in [1.165, 1.54) is 0 Å². The van der Waals surface area contributed by atoms with E-state index in [-0.39, 0.29) is 43.7 Å². The van der Waals surface area contributed by atoms with Crippen LogP contribution in [0.15, 0.2) is 85.1 Å². The number of nitrogens with zero attached hydrogens (tertiary/aromatic N) is 1. The first kappa shape index (κ1) is 22.8. The van der Waals surface area contributed by atoms with E-state index in [9.17, 15) is 4.79 Å². The summed E-state index contributed by atoms with van der Waals surface area (Å²) in [5.74, 6) is 0.790. The third-order valence-electron chi connectivity index (χ3n) is 4.49. The van der Waals surface area contributed by atoms with E-state index in [1.807, 2.05) is 85.1 Å². The van der Waals surface area contributed by atoms with Gasteiger partial charge >= 0.3 is 31.1 Å². The zero-order chi connectivity index (χ0) is 18.5. The van der Waals surface area contributed by atoms with Crippen molar-refractivity contribution in [3.05, 3.63) is 102 Å². The Labute approximate surface area is 194 Å². The molecule has 0 bridgehead atoms. The molecule has 5 heteroatoms. The number of carbonyl (C=O) groups excluding carboxylic acids is 1. The number of ether oxygens (including phenoxy) is 1.